The Bertz CT molecular complexity index is 914. The third kappa shape index (κ3) is 3.95. The first-order valence-corrected chi connectivity index (χ1v) is 7.68. The summed E-state index contributed by atoms with van der Waals surface area (Å²) in [7, 11) is 0. The molecule has 8 nitrogen and oxygen atoms in total. The summed E-state index contributed by atoms with van der Waals surface area (Å²) in [5.41, 5.74) is -0.273. The lowest BCUT2D eigenvalue weighted by atomic mass is 9.77. The number of rotatable bonds is 8. The highest BCUT2D eigenvalue weighted by Gasteiger charge is 2.27. The van der Waals surface area contributed by atoms with Gasteiger partial charge in [0, 0.05) is 5.41 Å². The first kappa shape index (κ1) is 19.6. The maximum Gasteiger partial charge on any atom is 0.336 e. The van der Waals surface area contributed by atoms with Crippen molar-refractivity contribution in [3.05, 3.63) is 58.7 Å². The highest BCUT2D eigenvalue weighted by molar-refractivity contribution is 6.01. The van der Waals surface area contributed by atoms with Crippen LogP contribution in [0.25, 0.3) is 0 Å². The van der Waals surface area contributed by atoms with Gasteiger partial charge >= 0.3 is 11.9 Å². The van der Waals surface area contributed by atoms with Crippen molar-refractivity contribution < 1.29 is 38.9 Å². The number of carbonyl (C=O) groups is 4. The second-order valence-electron chi connectivity index (χ2n) is 6.09. The van der Waals surface area contributed by atoms with Gasteiger partial charge in [0.25, 0.3) is 12.9 Å². The molecule has 0 saturated carbocycles. The molecule has 2 N–H and O–H groups in total. The van der Waals surface area contributed by atoms with Crippen LogP contribution in [0.5, 0.6) is 11.5 Å². The lowest BCUT2D eigenvalue weighted by molar-refractivity contribution is -0.123. The van der Waals surface area contributed by atoms with Crippen LogP contribution >= 0.6 is 0 Å². The molecule has 0 amide bonds. The molecule has 0 aliphatic heterocycles. The smallest absolute Gasteiger partial charge is 0.336 e. The fraction of sp³-hybridized carbons (Fsp3) is 0.158. The molecule has 2 aromatic carbocycles. The third-order valence-corrected chi connectivity index (χ3v) is 4.22. The summed E-state index contributed by atoms with van der Waals surface area (Å²) in [4.78, 5) is 43.9. The average Bonchev–Trinajstić information content (AvgIpc) is 2.62. The number of carbonyl (C=O) groups excluding carboxylic acids is 2. The van der Waals surface area contributed by atoms with Crippen molar-refractivity contribution in [3.8, 4) is 11.5 Å². The van der Waals surface area contributed by atoms with Crippen molar-refractivity contribution in [1.29, 1.82) is 0 Å². The number of carboxylic acid groups (broad SMARTS) is 2. The van der Waals surface area contributed by atoms with E-state index in [-0.39, 0.29) is 35.6 Å². The Hall–Kier alpha value is -3.68. The molecule has 2 aromatic rings. The number of hydrogen-bond acceptors (Lipinski definition) is 6. The molecule has 0 bridgehead atoms. The van der Waals surface area contributed by atoms with Crippen LogP contribution in [0.15, 0.2) is 36.4 Å². The van der Waals surface area contributed by atoms with Gasteiger partial charge in [-0.15, -0.1) is 0 Å². The van der Waals surface area contributed by atoms with Crippen LogP contribution in [-0.4, -0.2) is 35.1 Å². The van der Waals surface area contributed by atoms with Gasteiger partial charge in [-0.25, -0.2) is 9.59 Å². The normalized spacial score (nSPS) is 10.7. The fourth-order valence-corrected chi connectivity index (χ4v) is 2.65. The van der Waals surface area contributed by atoms with Crippen molar-refractivity contribution >= 4 is 24.9 Å². The summed E-state index contributed by atoms with van der Waals surface area (Å²) < 4.78 is 9.59. The molecule has 27 heavy (non-hydrogen) atoms. The quantitative estimate of drug-likeness (QED) is 0.677. The van der Waals surface area contributed by atoms with E-state index in [9.17, 15) is 24.3 Å². The molecule has 0 spiro atoms. The topological polar surface area (TPSA) is 127 Å². The number of benzene rings is 2. The first-order chi connectivity index (χ1) is 12.7. The molecule has 0 atom stereocenters. The second-order valence-corrected chi connectivity index (χ2v) is 6.09. The molecule has 0 fully saturated rings. The summed E-state index contributed by atoms with van der Waals surface area (Å²) in [6.45, 7) is 3.96. The van der Waals surface area contributed by atoms with E-state index >= 15 is 0 Å². The Labute approximate surface area is 154 Å². The van der Waals surface area contributed by atoms with Crippen LogP contribution in [0.2, 0.25) is 0 Å². The van der Waals surface area contributed by atoms with E-state index in [2.05, 4.69) is 0 Å². The van der Waals surface area contributed by atoms with Gasteiger partial charge in [-0.1, -0.05) is 26.0 Å². The summed E-state index contributed by atoms with van der Waals surface area (Å²) in [5.74, 6) is -2.63. The Balaban J connectivity index is 2.58. The summed E-state index contributed by atoms with van der Waals surface area (Å²) >= 11 is 0. The van der Waals surface area contributed by atoms with Gasteiger partial charge in [0.15, 0.2) is 11.5 Å². The maximum absolute atomic E-state index is 11.4. The van der Waals surface area contributed by atoms with Gasteiger partial charge in [-0.2, -0.15) is 0 Å². The largest absolute Gasteiger partial charge is 0.478 e. The van der Waals surface area contributed by atoms with Gasteiger partial charge in [-0.05, 0) is 35.4 Å². The van der Waals surface area contributed by atoms with E-state index in [1.807, 2.05) is 0 Å². The number of aromatic carboxylic acids is 2. The van der Waals surface area contributed by atoms with Crippen molar-refractivity contribution in [2.75, 3.05) is 0 Å². The van der Waals surface area contributed by atoms with Crippen LogP contribution in [0.4, 0.5) is 0 Å². The molecule has 140 valence electrons. The highest BCUT2D eigenvalue weighted by atomic mass is 16.6. The van der Waals surface area contributed by atoms with E-state index in [1.165, 1.54) is 30.3 Å². The number of hydrogen-bond donors (Lipinski definition) is 2. The van der Waals surface area contributed by atoms with E-state index < -0.39 is 17.4 Å². The summed E-state index contributed by atoms with van der Waals surface area (Å²) in [6, 6.07) is 8.60. The van der Waals surface area contributed by atoms with Gasteiger partial charge in [0.05, 0.1) is 11.1 Å². The maximum atomic E-state index is 11.4. The minimum atomic E-state index is -1.36. The summed E-state index contributed by atoms with van der Waals surface area (Å²) in [5, 5.41) is 18.5. The van der Waals surface area contributed by atoms with E-state index in [1.54, 1.807) is 19.9 Å². The molecule has 0 unspecified atom stereocenters. The molecule has 0 heterocycles. The Morgan fingerprint density at radius 2 is 1.33 bits per heavy atom. The molecule has 0 aromatic heterocycles. The van der Waals surface area contributed by atoms with Crippen molar-refractivity contribution in [1.82, 2.24) is 0 Å². The molecule has 2 rings (SSSR count). The van der Waals surface area contributed by atoms with Crippen molar-refractivity contribution in [2.45, 2.75) is 19.3 Å². The first-order valence-electron chi connectivity index (χ1n) is 7.68. The number of carboxylic acids is 2. The summed E-state index contributed by atoms with van der Waals surface area (Å²) in [6.07, 6.45) is 0. The Morgan fingerprint density at radius 1 is 0.815 bits per heavy atom. The lowest BCUT2D eigenvalue weighted by Crippen LogP contribution is -2.21. The average molecular weight is 372 g/mol. The minimum Gasteiger partial charge on any atom is -0.478 e. The molecular weight excluding hydrogens is 356 g/mol. The molecule has 8 heteroatoms. The van der Waals surface area contributed by atoms with Gasteiger partial charge in [0.1, 0.15) is 0 Å². The van der Waals surface area contributed by atoms with Gasteiger partial charge < -0.3 is 19.7 Å². The van der Waals surface area contributed by atoms with Gasteiger partial charge in [-0.3, -0.25) is 9.59 Å². The van der Waals surface area contributed by atoms with E-state index in [4.69, 9.17) is 14.6 Å². The van der Waals surface area contributed by atoms with Crippen LogP contribution in [0.1, 0.15) is 45.7 Å². The fourth-order valence-electron chi connectivity index (χ4n) is 2.65. The SMILES string of the molecule is CC(C)(c1ccc(OC=O)c(OC=O)c1)c1ccc(C(=O)O)c(C(=O)O)c1. The predicted molar refractivity (Wildman–Crippen MR) is 92.3 cm³/mol. The third-order valence-electron chi connectivity index (χ3n) is 4.22. The van der Waals surface area contributed by atoms with Crippen LogP contribution in [0.3, 0.4) is 0 Å². The zero-order valence-corrected chi connectivity index (χ0v) is 14.5. The van der Waals surface area contributed by atoms with E-state index in [0.29, 0.717) is 11.1 Å². The second kappa shape index (κ2) is 7.69. The molecular formula is C19H16O8. The van der Waals surface area contributed by atoms with Crippen molar-refractivity contribution in [3.63, 3.8) is 0 Å². The Kier molecular flexibility index (Phi) is 5.60. The van der Waals surface area contributed by atoms with Crippen LogP contribution in [0, 0.1) is 0 Å². The van der Waals surface area contributed by atoms with Gasteiger partial charge in [0.2, 0.25) is 0 Å². The minimum absolute atomic E-state index is 0.0169. The lowest BCUT2D eigenvalue weighted by Gasteiger charge is -2.27. The molecule has 0 aliphatic rings. The highest BCUT2D eigenvalue weighted by Crippen LogP contribution is 2.37. The zero-order valence-electron chi connectivity index (χ0n) is 14.5. The number of ether oxygens (including phenoxy) is 2. The van der Waals surface area contributed by atoms with E-state index in [0.717, 1.165) is 0 Å². The van der Waals surface area contributed by atoms with Crippen molar-refractivity contribution in [2.24, 2.45) is 0 Å². The zero-order chi connectivity index (χ0) is 20.2. The molecule has 0 saturated heterocycles. The molecule has 0 aliphatic carbocycles. The van der Waals surface area contributed by atoms with Crippen LogP contribution in [-0.2, 0) is 15.0 Å². The Morgan fingerprint density at radius 3 is 1.89 bits per heavy atom. The standard InChI is InChI=1S/C19H16O8/c1-19(2,11-3-5-13(17(22)23)14(7-11)18(24)25)12-4-6-15(26-9-20)16(8-12)27-10-21/h3-10H,1-2H3,(H,22,23)(H,24,25). The molecule has 0 radical (unpaired) electrons. The predicted octanol–water partition coefficient (Wildman–Crippen LogP) is 2.48. The monoisotopic (exact) mass is 372 g/mol. The van der Waals surface area contributed by atoms with Crippen LogP contribution < -0.4 is 9.47 Å².